The number of aromatic nitrogens is 2. The third kappa shape index (κ3) is 1.97. The third-order valence-electron chi connectivity index (χ3n) is 4.08. The molecule has 1 aliphatic heterocycles. The Balaban J connectivity index is 1.73. The standard InChI is InChI=1S/C12H17F2N3/c1-17-6-9(5-16-17)10-4-11(2-3-15-10)7-12(13,14)8-11/h5-6,10,15H,2-4,7-8H2,1H3. The second-order valence-electron chi connectivity index (χ2n) is 5.62. The Hall–Kier alpha value is -0.970. The number of hydrogen-bond donors (Lipinski definition) is 1. The van der Waals surface area contributed by atoms with Gasteiger partial charge >= 0.3 is 0 Å². The Morgan fingerprint density at radius 1 is 1.47 bits per heavy atom. The first-order valence-corrected chi connectivity index (χ1v) is 6.08. The third-order valence-corrected chi connectivity index (χ3v) is 4.08. The Morgan fingerprint density at radius 3 is 2.82 bits per heavy atom. The molecule has 1 saturated heterocycles. The normalized spacial score (nSPS) is 30.2. The topological polar surface area (TPSA) is 29.9 Å². The quantitative estimate of drug-likeness (QED) is 0.817. The maximum absolute atomic E-state index is 13.1. The maximum Gasteiger partial charge on any atom is 0.249 e. The number of alkyl halides is 2. The predicted octanol–water partition coefficient (Wildman–Crippen LogP) is 2.26. The summed E-state index contributed by atoms with van der Waals surface area (Å²) < 4.78 is 27.9. The highest BCUT2D eigenvalue weighted by Crippen LogP contribution is 2.58. The lowest BCUT2D eigenvalue weighted by Gasteiger charge is -2.51. The molecule has 1 aromatic heterocycles. The van der Waals surface area contributed by atoms with Crippen LogP contribution >= 0.6 is 0 Å². The molecule has 5 heteroatoms. The van der Waals surface area contributed by atoms with Gasteiger partial charge in [-0.25, -0.2) is 8.78 Å². The van der Waals surface area contributed by atoms with Crippen molar-refractivity contribution < 1.29 is 8.78 Å². The lowest BCUT2D eigenvalue weighted by molar-refractivity contribution is -0.174. The number of hydrogen-bond acceptors (Lipinski definition) is 2. The fourth-order valence-electron chi connectivity index (χ4n) is 3.34. The summed E-state index contributed by atoms with van der Waals surface area (Å²) in [4.78, 5) is 0. The predicted molar refractivity (Wildman–Crippen MR) is 59.8 cm³/mol. The molecule has 1 aromatic rings. The van der Waals surface area contributed by atoms with Crippen molar-refractivity contribution in [3.8, 4) is 0 Å². The molecule has 1 saturated carbocycles. The van der Waals surface area contributed by atoms with Crippen LogP contribution in [0.25, 0.3) is 0 Å². The highest BCUT2D eigenvalue weighted by Gasteiger charge is 2.57. The first-order valence-electron chi connectivity index (χ1n) is 6.08. The van der Waals surface area contributed by atoms with Gasteiger partial charge in [-0.3, -0.25) is 4.68 Å². The van der Waals surface area contributed by atoms with Gasteiger partial charge in [0.2, 0.25) is 5.92 Å². The first kappa shape index (κ1) is 11.1. The van der Waals surface area contributed by atoms with E-state index in [4.69, 9.17) is 0 Å². The van der Waals surface area contributed by atoms with Crippen molar-refractivity contribution in [2.24, 2.45) is 12.5 Å². The van der Waals surface area contributed by atoms with Crippen molar-refractivity contribution in [2.45, 2.75) is 37.6 Å². The summed E-state index contributed by atoms with van der Waals surface area (Å²) in [6.07, 6.45) is 5.62. The van der Waals surface area contributed by atoms with Crippen LogP contribution < -0.4 is 5.32 Å². The molecule has 1 atom stereocenters. The Bertz CT molecular complexity index is 419. The number of aryl methyl sites for hydroxylation is 1. The summed E-state index contributed by atoms with van der Waals surface area (Å²) in [7, 11) is 1.87. The summed E-state index contributed by atoms with van der Waals surface area (Å²) in [5, 5.41) is 7.54. The molecule has 3 nitrogen and oxygen atoms in total. The van der Waals surface area contributed by atoms with E-state index in [0.717, 1.165) is 24.9 Å². The molecule has 2 aliphatic rings. The lowest BCUT2D eigenvalue weighted by atomic mass is 9.59. The first-order chi connectivity index (χ1) is 7.98. The number of halogens is 2. The number of rotatable bonds is 1. The van der Waals surface area contributed by atoms with E-state index in [1.807, 2.05) is 19.4 Å². The van der Waals surface area contributed by atoms with Crippen molar-refractivity contribution in [1.29, 1.82) is 0 Å². The molecule has 0 bridgehead atoms. The molecule has 1 aliphatic carbocycles. The van der Waals surface area contributed by atoms with Crippen LogP contribution in [-0.4, -0.2) is 22.2 Å². The lowest BCUT2D eigenvalue weighted by Crippen LogP contribution is -2.52. The van der Waals surface area contributed by atoms with Gasteiger partial charge < -0.3 is 5.32 Å². The van der Waals surface area contributed by atoms with E-state index in [9.17, 15) is 8.78 Å². The van der Waals surface area contributed by atoms with Crippen LogP contribution in [0, 0.1) is 5.41 Å². The average Bonchev–Trinajstić information content (AvgIpc) is 2.62. The van der Waals surface area contributed by atoms with E-state index in [-0.39, 0.29) is 24.3 Å². The molecular formula is C12H17F2N3. The Kier molecular flexibility index (Phi) is 2.30. The minimum atomic E-state index is -2.42. The molecule has 3 rings (SSSR count). The van der Waals surface area contributed by atoms with Gasteiger partial charge in [-0.1, -0.05) is 0 Å². The fraction of sp³-hybridized carbons (Fsp3) is 0.750. The van der Waals surface area contributed by atoms with E-state index in [2.05, 4.69) is 10.4 Å². The Labute approximate surface area is 99.2 Å². The van der Waals surface area contributed by atoms with Crippen molar-refractivity contribution in [3.63, 3.8) is 0 Å². The van der Waals surface area contributed by atoms with Gasteiger partial charge in [0, 0.05) is 37.7 Å². The molecule has 1 N–H and O–H groups in total. The van der Waals surface area contributed by atoms with Gasteiger partial charge in [-0.15, -0.1) is 0 Å². The zero-order chi connectivity index (χ0) is 12.1. The highest BCUT2D eigenvalue weighted by molar-refractivity contribution is 5.15. The van der Waals surface area contributed by atoms with E-state index < -0.39 is 5.92 Å². The van der Waals surface area contributed by atoms with Crippen LogP contribution in [0.15, 0.2) is 12.4 Å². The zero-order valence-electron chi connectivity index (χ0n) is 9.92. The van der Waals surface area contributed by atoms with Crippen molar-refractivity contribution in [2.75, 3.05) is 6.54 Å². The molecular weight excluding hydrogens is 224 g/mol. The zero-order valence-corrected chi connectivity index (χ0v) is 9.92. The van der Waals surface area contributed by atoms with E-state index >= 15 is 0 Å². The molecule has 17 heavy (non-hydrogen) atoms. The summed E-state index contributed by atoms with van der Waals surface area (Å²) in [6.45, 7) is 0.829. The molecule has 0 amide bonds. The van der Waals surface area contributed by atoms with E-state index in [0.29, 0.717) is 0 Å². The molecule has 94 valence electrons. The molecule has 1 unspecified atom stereocenters. The van der Waals surface area contributed by atoms with Crippen LogP contribution in [0.1, 0.15) is 37.3 Å². The summed E-state index contributed by atoms with van der Waals surface area (Å²) in [5.41, 5.74) is 0.983. The molecule has 0 aromatic carbocycles. The highest BCUT2D eigenvalue weighted by atomic mass is 19.3. The van der Waals surface area contributed by atoms with Crippen molar-refractivity contribution >= 4 is 0 Å². The molecule has 2 fully saturated rings. The summed E-state index contributed by atoms with van der Waals surface area (Å²) in [6, 6.07) is 0.188. The molecule has 2 heterocycles. The monoisotopic (exact) mass is 241 g/mol. The second-order valence-corrected chi connectivity index (χ2v) is 5.62. The van der Waals surface area contributed by atoms with Crippen LogP contribution in [0.2, 0.25) is 0 Å². The fourth-order valence-corrected chi connectivity index (χ4v) is 3.34. The van der Waals surface area contributed by atoms with Gasteiger partial charge in [0.25, 0.3) is 0 Å². The molecule has 0 radical (unpaired) electrons. The van der Waals surface area contributed by atoms with Crippen LogP contribution in [0.4, 0.5) is 8.78 Å². The number of nitrogens with zero attached hydrogens (tertiary/aromatic N) is 2. The van der Waals surface area contributed by atoms with Crippen LogP contribution in [-0.2, 0) is 7.05 Å². The number of piperidine rings is 1. The minimum absolute atomic E-state index is 0.0679. The second kappa shape index (κ2) is 3.51. The molecule has 1 spiro atoms. The minimum Gasteiger partial charge on any atom is -0.310 e. The maximum atomic E-state index is 13.1. The van der Waals surface area contributed by atoms with Gasteiger partial charge in [0.05, 0.1) is 6.20 Å². The van der Waals surface area contributed by atoms with E-state index in [1.165, 1.54) is 0 Å². The van der Waals surface area contributed by atoms with Gasteiger partial charge in [-0.2, -0.15) is 5.10 Å². The van der Waals surface area contributed by atoms with Crippen molar-refractivity contribution in [1.82, 2.24) is 15.1 Å². The Morgan fingerprint density at radius 2 is 2.24 bits per heavy atom. The van der Waals surface area contributed by atoms with Crippen LogP contribution in [0.3, 0.4) is 0 Å². The summed E-state index contributed by atoms with van der Waals surface area (Å²) in [5.74, 6) is -2.42. The average molecular weight is 241 g/mol. The summed E-state index contributed by atoms with van der Waals surface area (Å²) >= 11 is 0. The smallest absolute Gasteiger partial charge is 0.249 e. The van der Waals surface area contributed by atoms with Crippen LogP contribution in [0.5, 0.6) is 0 Å². The van der Waals surface area contributed by atoms with Gasteiger partial charge in [-0.05, 0) is 24.8 Å². The van der Waals surface area contributed by atoms with Crippen molar-refractivity contribution in [3.05, 3.63) is 18.0 Å². The largest absolute Gasteiger partial charge is 0.310 e. The van der Waals surface area contributed by atoms with E-state index in [1.54, 1.807) is 4.68 Å². The SMILES string of the molecule is Cn1cc(C2CC3(CCN2)CC(F)(F)C3)cn1. The van der Waals surface area contributed by atoms with Gasteiger partial charge in [0.1, 0.15) is 0 Å². The number of nitrogens with one attached hydrogen (secondary N) is 1. The van der Waals surface area contributed by atoms with Gasteiger partial charge in [0.15, 0.2) is 0 Å².